The molecule has 1 aromatic rings. The van der Waals surface area contributed by atoms with Crippen LogP contribution in [0.4, 0.5) is 4.39 Å². The average Bonchev–Trinajstić information content (AvgIpc) is 2.54. The van der Waals surface area contributed by atoms with Gasteiger partial charge in [-0.1, -0.05) is 11.6 Å². The number of nitrogens with one attached hydrogen (secondary N) is 1. The summed E-state index contributed by atoms with van der Waals surface area (Å²) in [6.07, 6.45) is 3.15. The van der Waals surface area contributed by atoms with E-state index in [9.17, 15) is 4.39 Å². The zero-order valence-electron chi connectivity index (χ0n) is 9.31. The van der Waals surface area contributed by atoms with Crippen LogP contribution in [-0.4, -0.2) is 19.2 Å². The van der Waals surface area contributed by atoms with Gasteiger partial charge < -0.3 is 10.1 Å². The van der Waals surface area contributed by atoms with Crippen molar-refractivity contribution in [3.05, 3.63) is 27.4 Å². The molecule has 0 spiro atoms. The Morgan fingerprint density at radius 2 is 2.18 bits per heavy atom. The van der Waals surface area contributed by atoms with Crippen LogP contribution in [0.3, 0.4) is 0 Å². The molecule has 0 aromatic heterocycles. The molecule has 1 aliphatic rings. The summed E-state index contributed by atoms with van der Waals surface area (Å²) >= 11 is 9.02. The lowest BCUT2D eigenvalue weighted by molar-refractivity contribution is 0.185. The van der Waals surface area contributed by atoms with E-state index in [1.807, 2.05) is 0 Å². The number of halogens is 3. The van der Waals surface area contributed by atoms with Gasteiger partial charge in [-0.15, -0.1) is 0 Å². The van der Waals surface area contributed by atoms with Crippen LogP contribution in [0.2, 0.25) is 5.02 Å². The fraction of sp³-hybridized carbons (Fsp3) is 0.500. The van der Waals surface area contributed by atoms with Crippen molar-refractivity contribution in [3.8, 4) is 5.75 Å². The largest absolute Gasteiger partial charge is 0.489 e. The first kappa shape index (κ1) is 13.1. The van der Waals surface area contributed by atoms with Gasteiger partial charge in [0.25, 0.3) is 0 Å². The van der Waals surface area contributed by atoms with Gasteiger partial charge >= 0.3 is 0 Å². The molecule has 1 atom stereocenters. The SMILES string of the molecule is Fc1cc(OC2CCCNCC2)c(Br)cc1Cl. The van der Waals surface area contributed by atoms with E-state index in [1.165, 1.54) is 12.1 Å². The zero-order valence-corrected chi connectivity index (χ0v) is 11.7. The molecule has 0 saturated carbocycles. The van der Waals surface area contributed by atoms with E-state index in [4.69, 9.17) is 16.3 Å². The zero-order chi connectivity index (χ0) is 12.3. The van der Waals surface area contributed by atoms with Crippen molar-refractivity contribution in [1.82, 2.24) is 5.32 Å². The van der Waals surface area contributed by atoms with Crippen molar-refractivity contribution in [2.45, 2.75) is 25.4 Å². The van der Waals surface area contributed by atoms with Crippen LogP contribution < -0.4 is 10.1 Å². The Kier molecular flexibility index (Phi) is 4.65. The van der Waals surface area contributed by atoms with Gasteiger partial charge in [-0.25, -0.2) is 4.39 Å². The van der Waals surface area contributed by atoms with Crippen LogP contribution in [0.25, 0.3) is 0 Å². The maximum atomic E-state index is 13.3. The summed E-state index contributed by atoms with van der Waals surface area (Å²) in [6.45, 7) is 1.97. The van der Waals surface area contributed by atoms with Gasteiger partial charge in [0, 0.05) is 6.07 Å². The van der Waals surface area contributed by atoms with E-state index in [0.717, 1.165) is 32.4 Å². The molecule has 0 amide bonds. The van der Waals surface area contributed by atoms with Crippen molar-refractivity contribution in [3.63, 3.8) is 0 Å². The van der Waals surface area contributed by atoms with Crippen LogP contribution in [0.1, 0.15) is 19.3 Å². The quantitative estimate of drug-likeness (QED) is 0.837. The highest BCUT2D eigenvalue weighted by molar-refractivity contribution is 9.10. The summed E-state index contributed by atoms with van der Waals surface area (Å²) in [5.74, 6) is 0.0791. The van der Waals surface area contributed by atoms with Gasteiger partial charge in [0.1, 0.15) is 17.7 Å². The lowest BCUT2D eigenvalue weighted by Crippen LogP contribution is -2.19. The number of ether oxygens (including phenoxy) is 1. The highest BCUT2D eigenvalue weighted by Gasteiger charge is 2.16. The van der Waals surface area contributed by atoms with Gasteiger partial charge in [0.05, 0.1) is 9.50 Å². The molecular formula is C12H14BrClFNO. The lowest BCUT2D eigenvalue weighted by atomic mass is 10.1. The fourth-order valence-corrected chi connectivity index (χ4v) is 2.61. The third-order valence-corrected chi connectivity index (χ3v) is 3.70. The van der Waals surface area contributed by atoms with Crippen LogP contribution in [-0.2, 0) is 0 Å². The summed E-state index contributed by atoms with van der Waals surface area (Å²) in [4.78, 5) is 0. The Labute approximate surface area is 114 Å². The standard InChI is InChI=1S/C12H14BrClFNO/c13-9-6-10(14)11(15)7-12(9)17-8-2-1-4-16-5-3-8/h6-8,16H,1-5H2. The van der Waals surface area contributed by atoms with Crippen molar-refractivity contribution >= 4 is 27.5 Å². The number of rotatable bonds is 2. The fourth-order valence-electron chi connectivity index (χ4n) is 1.88. The predicted molar refractivity (Wildman–Crippen MR) is 70.2 cm³/mol. The molecule has 2 rings (SSSR count). The second-order valence-electron chi connectivity index (χ2n) is 4.12. The Morgan fingerprint density at radius 3 is 3.00 bits per heavy atom. The molecule has 1 saturated heterocycles. The molecule has 0 aliphatic carbocycles. The number of benzene rings is 1. The van der Waals surface area contributed by atoms with Gasteiger partial charge in [-0.2, -0.15) is 0 Å². The first-order chi connectivity index (χ1) is 8.16. The minimum atomic E-state index is -0.448. The summed E-state index contributed by atoms with van der Waals surface area (Å²) in [7, 11) is 0. The van der Waals surface area contributed by atoms with Gasteiger partial charge in [-0.05, 0) is 54.3 Å². The molecular weight excluding hydrogens is 308 g/mol. The van der Waals surface area contributed by atoms with E-state index >= 15 is 0 Å². The number of hydrogen-bond acceptors (Lipinski definition) is 2. The topological polar surface area (TPSA) is 21.3 Å². The lowest BCUT2D eigenvalue weighted by Gasteiger charge is -2.18. The summed E-state index contributed by atoms with van der Waals surface area (Å²) in [5.41, 5.74) is 0. The maximum Gasteiger partial charge on any atom is 0.145 e. The van der Waals surface area contributed by atoms with Crippen molar-refractivity contribution < 1.29 is 9.13 Å². The maximum absolute atomic E-state index is 13.3. The Balaban J connectivity index is 2.09. The highest BCUT2D eigenvalue weighted by Crippen LogP contribution is 2.32. The van der Waals surface area contributed by atoms with Gasteiger partial charge in [-0.3, -0.25) is 0 Å². The summed E-state index contributed by atoms with van der Waals surface area (Å²) in [5, 5.41) is 3.41. The van der Waals surface area contributed by atoms with Crippen molar-refractivity contribution in [2.24, 2.45) is 0 Å². The van der Waals surface area contributed by atoms with Crippen LogP contribution in [0.15, 0.2) is 16.6 Å². The molecule has 1 heterocycles. The van der Waals surface area contributed by atoms with Gasteiger partial charge in [0.2, 0.25) is 0 Å². The first-order valence-corrected chi connectivity index (χ1v) is 6.86. The minimum absolute atomic E-state index is 0.103. The molecule has 1 N–H and O–H groups in total. The third kappa shape index (κ3) is 3.57. The Bertz CT molecular complexity index is 394. The van der Waals surface area contributed by atoms with E-state index < -0.39 is 5.82 Å². The second kappa shape index (κ2) is 6.03. The monoisotopic (exact) mass is 321 g/mol. The molecule has 2 nitrogen and oxygen atoms in total. The molecule has 1 aliphatic heterocycles. The first-order valence-electron chi connectivity index (χ1n) is 5.69. The molecule has 1 unspecified atom stereocenters. The van der Waals surface area contributed by atoms with E-state index in [-0.39, 0.29) is 11.1 Å². The molecule has 1 aromatic carbocycles. The molecule has 5 heteroatoms. The smallest absolute Gasteiger partial charge is 0.145 e. The Morgan fingerprint density at radius 1 is 1.35 bits per heavy atom. The number of hydrogen-bond donors (Lipinski definition) is 1. The van der Waals surface area contributed by atoms with E-state index in [1.54, 1.807) is 0 Å². The molecule has 1 fully saturated rings. The van der Waals surface area contributed by atoms with E-state index in [2.05, 4.69) is 21.2 Å². The third-order valence-electron chi connectivity index (χ3n) is 2.79. The highest BCUT2D eigenvalue weighted by atomic mass is 79.9. The average molecular weight is 323 g/mol. The van der Waals surface area contributed by atoms with Crippen LogP contribution in [0.5, 0.6) is 5.75 Å². The molecule has 17 heavy (non-hydrogen) atoms. The Hall–Kier alpha value is -0.320. The van der Waals surface area contributed by atoms with Crippen LogP contribution in [0, 0.1) is 5.82 Å². The second-order valence-corrected chi connectivity index (χ2v) is 5.38. The van der Waals surface area contributed by atoms with E-state index in [0.29, 0.717) is 10.2 Å². The van der Waals surface area contributed by atoms with Gasteiger partial charge in [0.15, 0.2) is 0 Å². The predicted octanol–water partition coefficient (Wildman–Crippen LogP) is 3.76. The normalized spacial score (nSPS) is 21.0. The molecule has 94 valence electrons. The summed E-state index contributed by atoms with van der Waals surface area (Å²) < 4.78 is 19.9. The van der Waals surface area contributed by atoms with Crippen LogP contribution >= 0.6 is 27.5 Å². The summed E-state index contributed by atoms with van der Waals surface area (Å²) in [6, 6.07) is 2.87. The van der Waals surface area contributed by atoms with Crippen molar-refractivity contribution in [2.75, 3.05) is 13.1 Å². The van der Waals surface area contributed by atoms with Crippen molar-refractivity contribution in [1.29, 1.82) is 0 Å². The minimum Gasteiger partial charge on any atom is -0.489 e. The molecule has 0 radical (unpaired) electrons. The molecule has 0 bridgehead atoms.